The summed E-state index contributed by atoms with van der Waals surface area (Å²) in [5.41, 5.74) is 6.37. The van der Waals surface area contributed by atoms with Gasteiger partial charge in [-0.15, -0.1) is 76.8 Å². The maximum Gasteiger partial charge on any atom is 4.00 e. The molecule has 0 nitrogen and oxygen atoms in total. The topological polar surface area (TPSA) is 0 Å². The number of hydrogen-bond acceptors (Lipinski definition) is 0. The second-order valence-electron chi connectivity index (χ2n) is 6.95. The third-order valence-electron chi connectivity index (χ3n) is 3.76. The first kappa shape index (κ1) is 25.2. The van der Waals surface area contributed by atoms with Gasteiger partial charge in [-0.05, 0) is 0 Å². The third kappa shape index (κ3) is 6.74. The molecule has 0 spiro atoms. The Morgan fingerprint density at radius 3 is 2.23 bits per heavy atom. The molecule has 0 saturated carbocycles. The van der Waals surface area contributed by atoms with Crippen LogP contribution in [0.15, 0.2) is 78.5 Å². The van der Waals surface area contributed by atoms with Crippen LogP contribution in [0, 0.1) is 6.08 Å². The molecule has 26 heavy (non-hydrogen) atoms. The van der Waals surface area contributed by atoms with Gasteiger partial charge in [0.2, 0.25) is 0 Å². The molecule has 0 bridgehead atoms. The predicted octanol–water partition coefficient (Wildman–Crippen LogP) is 0.233. The molecule has 0 fully saturated rings. The van der Waals surface area contributed by atoms with E-state index >= 15 is 0 Å². The van der Waals surface area contributed by atoms with E-state index in [2.05, 4.69) is 104 Å². The molecule has 4 rings (SSSR count). The number of rotatable bonds is 1. The Hall–Kier alpha value is -0.790. The smallest absolute Gasteiger partial charge is 1.00 e. The Morgan fingerprint density at radius 2 is 1.54 bits per heavy atom. The first-order valence-corrected chi connectivity index (χ1v) is 11.6. The summed E-state index contributed by atoms with van der Waals surface area (Å²) in [5.74, 6) is 0. The van der Waals surface area contributed by atoms with Crippen LogP contribution >= 0.6 is 0 Å². The first-order valence-electron chi connectivity index (χ1n) is 8.05. The Morgan fingerprint density at radius 1 is 0.885 bits per heavy atom. The molecule has 0 saturated heterocycles. The van der Waals surface area contributed by atoms with Gasteiger partial charge in [-0.3, -0.25) is 0 Å². The Balaban J connectivity index is 0.000000460. The van der Waals surface area contributed by atoms with Crippen LogP contribution in [0.2, 0.25) is 19.6 Å². The zero-order valence-electron chi connectivity index (χ0n) is 15.3. The van der Waals surface area contributed by atoms with Crippen LogP contribution in [0.3, 0.4) is 0 Å². The van der Waals surface area contributed by atoms with Crippen molar-refractivity contribution in [3.8, 4) is 0 Å². The number of halogens is 2. The van der Waals surface area contributed by atoms with Gasteiger partial charge in [0, 0.05) is 0 Å². The van der Waals surface area contributed by atoms with Gasteiger partial charge in [0.1, 0.15) is 0 Å². The first-order chi connectivity index (χ1) is 11.0. The molecular formula is C22H22Cl2SiZr. The van der Waals surface area contributed by atoms with Crippen LogP contribution in [0.4, 0.5) is 0 Å². The van der Waals surface area contributed by atoms with Crippen molar-refractivity contribution < 1.29 is 51.0 Å². The largest absolute Gasteiger partial charge is 4.00 e. The fraction of sp³-hybridized carbons (Fsp3) is 0.136. The molecule has 1 aliphatic rings. The van der Waals surface area contributed by atoms with E-state index in [-0.39, 0.29) is 51.0 Å². The maximum absolute atomic E-state index is 3.30. The van der Waals surface area contributed by atoms with Crippen molar-refractivity contribution in [2.45, 2.75) is 19.6 Å². The number of benzene rings is 2. The minimum atomic E-state index is -1.12. The normalized spacial score (nSPS) is 13.0. The fourth-order valence-corrected chi connectivity index (χ4v) is 3.92. The summed E-state index contributed by atoms with van der Waals surface area (Å²) in [5, 5.41) is 2.66. The Bertz CT molecular complexity index is 843. The molecule has 3 aromatic rings. The third-order valence-corrected chi connectivity index (χ3v) is 4.93. The van der Waals surface area contributed by atoms with Crippen molar-refractivity contribution in [2.24, 2.45) is 0 Å². The van der Waals surface area contributed by atoms with Crippen LogP contribution in [0.1, 0.15) is 11.1 Å². The molecule has 4 heteroatoms. The van der Waals surface area contributed by atoms with Crippen LogP contribution in [-0.2, 0) is 26.2 Å². The number of hydrogen-bond donors (Lipinski definition) is 0. The van der Waals surface area contributed by atoms with Gasteiger partial charge in [0.25, 0.3) is 0 Å². The number of fused-ring (bicyclic) bond motifs is 2. The van der Waals surface area contributed by atoms with Crippen molar-refractivity contribution in [1.29, 1.82) is 0 Å². The molecule has 3 aromatic carbocycles. The van der Waals surface area contributed by atoms with Crippen molar-refractivity contribution >= 4 is 24.4 Å². The second kappa shape index (κ2) is 11.1. The van der Waals surface area contributed by atoms with E-state index in [1.807, 2.05) is 0 Å². The van der Waals surface area contributed by atoms with Crippen LogP contribution in [0.25, 0.3) is 16.3 Å². The van der Waals surface area contributed by atoms with E-state index in [0.29, 0.717) is 0 Å². The molecule has 0 heterocycles. The van der Waals surface area contributed by atoms with E-state index in [1.54, 1.807) is 0 Å². The molecule has 0 aromatic heterocycles. The molecule has 0 unspecified atom stereocenters. The van der Waals surface area contributed by atoms with Gasteiger partial charge in [0.15, 0.2) is 0 Å². The molecular weight excluding hydrogens is 454 g/mol. The van der Waals surface area contributed by atoms with E-state index in [1.165, 1.54) is 27.5 Å². The molecule has 132 valence electrons. The van der Waals surface area contributed by atoms with Crippen molar-refractivity contribution in [3.63, 3.8) is 0 Å². The zero-order chi connectivity index (χ0) is 16.3. The maximum atomic E-state index is 3.30. The van der Waals surface area contributed by atoms with Crippen molar-refractivity contribution in [3.05, 3.63) is 95.7 Å². The van der Waals surface area contributed by atoms with Gasteiger partial charge < -0.3 is 24.8 Å². The monoisotopic (exact) mass is 474 g/mol. The summed E-state index contributed by atoms with van der Waals surface area (Å²) in [6, 6.07) is 23.1. The zero-order valence-corrected chi connectivity index (χ0v) is 20.2. The molecule has 0 aliphatic heterocycles. The second-order valence-corrected chi connectivity index (χ2v) is 12.0. The molecule has 1 aliphatic carbocycles. The summed E-state index contributed by atoms with van der Waals surface area (Å²) in [6.45, 7) is 7.07. The average molecular weight is 477 g/mol. The summed E-state index contributed by atoms with van der Waals surface area (Å²) in [7, 11) is -1.12. The summed E-state index contributed by atoms with van der Waals surface area (Å²) in [4.78, 5) is 0. The Labute approximate surface area is 189 Å². The van der Waals surface area contributed by atoms with Gasteiger partial charge >= 0.3 is 26.2 Å². The minimum absolute atomic E-state index is 0. The van der Waals surface area contributed by atoms with Gasteiger partial charge in [-0.2, -0.15) is 23.1 Å². The molecule has 0 amide bonds. The minimum Gasteiger partial charge on any atom is -1.00 e. The molecule has 0 atom stereocenters. The SMILES string of the molecule is C[Si](C)(C)C=C1C=[C-]c2ccccc21.[Cl-].[Cl-].[Zr+4].c1ccc2[cH-]ccc2c1. The van der Waals surface area contributed by atoms with Gasteiger partial charge in [0.05, 0.1) is 8.07 Å². The van der Waals surface area contributed by atoms with Crippen molar-refractivity contribution in [1.82, 2.24) is 0 Å². The summed E-state index contributed by atoms with van der Waals surface area (Å²) >= 11 is 0. The quantitative estimate of drug-likeness (QED) is 0.349. The molecule has 0 N–H and O–H groups in total. The summed E-state index contributed by atoms with van der Waals surface area (Å²) in [6.07, 6.45) is 5.42. The van der Waals surface area contributed by atoms with Crippen LogP contribution < -0.4 is 24.8 Å². The van der Waals surface area contributed by atoms with E-state index in [9.17, 15) is 0 Å². The van der Waals surface area contributed by atoms with Crippen LogP contribution in [-0.4, -0.2) is 8.07 Å². The number of allylic oxidation sites excluding steroid dienone is 2. The standard InChI is InChI=1S/C13H15Si.C9H7.2ClH.Zr/c1-14(2,3)10-12-9-8-11-6-4-5-7-13(11)12;1-2-5-9-7-3-6-8(9)4-1;;;/h4-7,9-10H,1-3H3;1-7H;2*1H;/q2*-1;;;+4/p-2. The van der Waals surface area contributed by atoms with Crippen LogP contribution in [0.5, 0.6) is 0 Å². The van der Waals surface area contributed by atoms with E-state index in [4.69, 9.17) is 0 Å². The fourth-order valence-electron chi connectivity index (χ4n) is 2.75. The van der Waals surface area contributed by atoms with Gasteiger partial charge in [-0.1, -0.05) is 31.8 Å². The molecule has 0 radical (unpaired) electrons. The Kier molecular flexibility index (Phi) is 10.8. The van der Waals surface area contributed by atoms with Gasteiger partial charge in [-0.25, -0.2) is 0 Å². The van der Waals surface area contributed by atoms with E-state index < -0.39 is 8.07 Å². The predicted molar refractivity (Wildman–Crippen MR) is 104 cm³/mol. The summed E-state index contributed by atoms with van der Waals surface area (Å²) < 4.78 is 0. The van der Waals surface area contributed by atoms with E-state index in [0.717, 1.165) is 0 Å². The average Bonchev–Trinajstić information content (AvgIpc) is 3.14. The van der Waals surface area contributed by atoms with Crippen molar-refractivity contribution in [2.75, 3.05) is 0 Å².